The summed E-state index contributed by atoms with van der Waals surface area (Å²) in [5.74, 6) is 2.56. The average molecular weight is 374 g/mol. The molecule has 1 saturated carbocycles. The molecule has 0 N–H and O–H groups in total. The molecule has 3 aliphatic rings. The van der Waals surface area contributed by atoms with Gasteiger partial charge in [-0.05, 0) is 38.0 Å². The van der Waals surface area contributed by atoms with Gasteiger partial charge in [0.1, 0.15) is 12.1 Å². The molecule has 3 fully saturated rings. The SMILES string of the molecule is COc1cc(N(C2CC2)C2CCN(CC3CCC(=O)N(C)C3)CC2)ncn1. The third-order valence-electron chi connectivity index (χ3n) is 6.23. The van der Waals surface area contributed by atoms with Crippen LogP contribution in [-0.2, 0) is 4.79 Å². The van der Waals surface area contributed by atoms with Gasteiger partial charge >= 0.3 is 0 Å². The second kappa shape index (κ2) is 8.00. The van der Waals surface area contributed by atoms with E-state index in [1.807, 2.05) is 18.0 Å². The smallest absolute Gasteiger partial charge is 0.222 e. The van der Waals surface area contributed by atoms with E-state index in [9.17, 15) is 4.79 Å². The predicted octanol–water partition coefficient (Wildman–Crippen LogP) is 1.79. The Morgan fingerprint density at radius 3 is 2.56 bits per heavy atom. The number of anilines is 1. The molecule has 2 saturated heterocycles. The van der Waals surface area contributed by atoms with Gasteiger partial charge in [-0.1, -0.05) is 0 Å². The van der Waals surface area contributed by atoms with Crippen molar-refractivity contribution in [1.82, 2.24) is 19.8 Å². The van der Waals surface area contributed by atoms with E-state index >= 15 is 0 Å². The number of nitrogens with zero attached hydrogens (tertiary/aromatic N) is 5. The molecule has 0 aromatic carbocycles. The van der Waals surface area contributed by atoms with Gasteiger partial charge in [-0.15, -0.1) is 0 Å². The van der Waals surface area contributed by atoms with E-state index in [2.05, 4.69) is 19.8 Å². The Bertz CT molecular complexity index is 658. The van der Waals surface area contributed by atoms with Crippen LogP contribution in [0.15, 0.2) is 12.4 Å². The summed E-state index contributed by atoms with van der Waals surface area (Å²) in [6, 6.07) is 3.14. The largest absolute Gasteiger partial charge is 0.481 e. The monoisotopic (exact) mass is 373 g/mol. The summed E-state index contributed by atoms with van der Waals surface area (Å²) in [4.78, 5) is 27.4. The molecule has 7 nitrogen and oxygen atoms in total. The Kier molecular flexibility index (Phi) is 5.48. The van der Waals surface area contributed by atoms with Gasteiger partial charge in [0.15, 0.2) is 0 Å². The summed E-state index contributed by atoms with van der Waals surface area (Å²) in [6.45, 7) is 4.29. The molecule has 1 atom stereocenters. The van der Waals surface area contributed by atoms with Crippen LogP contribution in [0.2, 0.25) is 0 Å². The van der Waals surface area contributed by atoms with Crippen LogP contribution in [0.1, 0.15) is 38.5 Å². The molecule has 3 heterocycles. The zero-order chi connectivity index (χ0) is 18.8. The van der Waals surface area contributed by atoms with Crippen molar-refractivity contribution in [3.63, 3.8) is 0 Å². The number of rotatable bonds is 6. The van der Waals surface area contributed by atoms with E-state index in [1.54, 1.807) is 13.4 Å². The maximum atomic E-state index is 11.7. The van der Waals surface area contributed by atoms with Gasteiger partial charge in [0.2, 0.25) is 11.8 Å². The number of aromatic nitrogens is 2. The highest BCUT2D eigenvalue weighted by Crippen LogP contribution is 2.36. The quantitative estimate of drug-likeness (QED) is 0.758. The highest BCUT2D eigenvalue weighted by molar-refractivity contribution is 5.76. The molecular weight excluding hydrogens is 342 g/mol. The predicted molar refractivity (Wildman–Crippen MR) is 104 cm³/mol. The molecule has 148 valence electrons. The summed E-state index contributed by atoms with van der Waals surface area (Å²) in [6.07, 6.45) is 8.22. The third kappa shape index (κ3) is 4.34. The fourth-order valence-corrected chi connectivity index (χ4v) is 4.60. The fraction of sp³-hybridized carbons (Fsp3) is 0.750. The van der Waals surface area contributed by atoms with Crippen LogP contribution in [-0.4, -0.2) is 78.1 Å². The number of carbonyl (C=O) groups is 1. The van der Waals surface area contributed by atoms with Crippen molar-refractivity contribution < 1.29 is 9.53 Å². The minimum atomic E-state index is 0.297. The van der Waals surface area contributed by atoms with Crippen molar-refractivity contribution in [2.24, 2.45) is 5.92 Å². The van der Waals surface area contributed by atoms with Crippen LogP contribution in [0.4, 0.5) is 5.82 Å². The Balaban J connectivity index is 1.34. The lowest BCUT2D eigenvalue weighted by molar-refractivity contribution is -0.133. The van der Waals surface area contributed by atoms with Gasteiger partial charge in [0.05, 0.1) is 7.11 Å². The highest BCUT2D eigenvalue weighted by Gasteiger charge is 2.37. The molecule has 0 radical (unpaired) electrons. The van der Waals surface area contributed by atoms with Crippen molar-refractivity contribution >= 4 is 11.7 Å². The highest BCUT2D eigenvalue weighted by atomic mass is 16.5. The molecule has 1 aromatic rings. The molecule has 1 aromatic heterocycles. The van der Waals surface area contributed by atoms with Crippen LogP contribution in [0.3, 0.4) is 0 Å². The van der Waals surface area contributed by atoms with Crippen molar-refractivity contribution in [3.8, 4) is 5.88 Å². The average Bonchev–Trinajstić information content (AvgIpc) is 3.51. The van der Waals surface area contributed by atoms with Gasteiger partial charge in [0.25, 0.3) is 0 Å². The van der Waals surface area contributed by atoms with Crippen molar-refractivity contribution in [3.05, 3.63) is 12.4 Å². The first-order valence-electron chi connectivity index (χ1n) is 10.2. The van der Waals surface area contributed by atoms with Crippen LogP contribution in [0, 0.1) is 5.92 Å². The Morgan fingerprint density at radius 2 is 1.89 bits per heavy atom. The molecule has 1 unspecified atom stereocenters. The minimum absolute atomic E-state index is 0.297. The zero-order valence-electron chi connectivity index (χ0n) is 16.5. The van der Waals surface area contributed by atoms with Crippen LogP contribution < -0.4 is 9.64 Å². The lowest BCUT2D eigenvalue weighted by Gasteiger charge is -2.41. The number of ether oxygens (including phenoxy) is 1. The molecule has 27 heavy (non-hydrogen) atoms. The van der Waals surface area contributed by atoms with E-state index in [0.717, 1.165) is 38.4 Å². The van der Waals surface area contributed by atoms with Gasteiger partial charge in [0, 0.05) is 57.8 Å². The topological polar surface area (TPSA) is 61.8 Å². The standard InChI is InChI=1S/C20H31N5O2/c1-23-12-15(3-6-20(23)26)13-24-9-7-17(8-10-24)25(16-4-5-16)18-11-19(27-2)22-14-21-18/h11,14-17H,3-10,12-13H2,1-2H3. The first-order chi connectivity index (χ1) is 13.1. The minimum Gasteiger partial charge on any atom is -0.481 e. The molecular formula is C20H31N5O2. The molecule has 0 bridgehead atoms. The molecule has 7 heteroatoms. The van der Waals surface area contributed by atoms with E-state index in [0.29, 0.717) is 36.2 Å². The van der Waals surface area contributed by atoms with Crippen molar-refractivity contribution in [2.75, 3.05) is 45.2 Å². The molecule has 4 rings (SSSR count). The van der Waals surface area contributed by atoms with E-state index < -0.39 is 0 Å². The summed E-state index contributed by atoms with van der Waals surface area (Å²) in [7, 11) is 3.59. The van der Waals surface area contributed by atoms with Gasteiger partial charge in [-0.2, -0.15) is 0 Å². The van der Waals surface area contributed by atoms with Crippen molar-refractivity contribution in [1.29, 1.82) is 0 Å². The molecule has 2 aliphatic heterocycles. The van der Waals surface area contributed by atoms with Gasteiger partial charge in [-0.3, -0.25) is 4.79 Å². The van der Waals surface area contributed by atoms with E-state index in [4.69, 9.17) is 4.74 Å². The molecule has 0 spiro atoms. The zero-order valence-corrected chi connectivity index (χ0v) is 16.5. The molecule has 1 aliphatic carbocycles. The third-order valence-corrected chi connectivity index (χ3v) is 6.23. The Hall–Kier alpha value is -1.89. The summed E-state index contributed by atoms with van der Waals surface area (Å²) in [5.41, 5.74) is 0. The summed E-state index contributed by atoms with van der Waals surface area (Å²) in [5, 5.41) is 0. The number of hydrogen-bond donors (Lipinski definition) is 0. The van der Waals surface area contributed by atoms with Crippen LogP contribution in [0.5, 0.6) is 5.88 Å². The van der Waals surface area contributed by atoms with Crippen molar-refractivity contribution in [2.45, 2.75) is 50.6 Å². The second-order valence-electron chi connectivity index (χ2n) is 8.27. The maximum Gasteiger partial charge on any atom is 0.222 e. The summed E-state index contributed by atoms with van der Waals surface area (Å²) < 4.78 is 5.30. The Labute approximate surface area is 161 Å². The van der Waals surface area contributed by atoms with E-state index in [-0.39, 0.29) is 0 Å². The second-order valence-corrected chi connectivity index (χ2v) is 8.27. The summed E-state index contributed by atoms with van der Waals surface area (Å²) >= 11 is 0. The number of methoxy groups -OCH3 is 1. The maximum absolute atomic E-state index is 11.7. The first kappa shape index (κ1) is 18.5. The lowest BCUT2D eigenvalue weighted by atomic mass is 9.95. The molecule has 1 amide bonds. The lowest BCUT2D eigenvalue weighted by Crippen LogP contribution is -2.49. The Morgan fingerprint density at radius 1 is 1.15 bits per heavy atom. The number of piperidine rings is 2. The van der Waals surface area contributed by atoms with Crippen LogP contribution in [0.25, 0.3) is 0 Å². The first-order valence-corrected chi connectivity index (χ1v) is 10.2. The van der Waals surface area contributed by atoms with Gasteiger partial charge in [-0.25, -0.2) is 9.97 Å². The number of likely N-dealkylation sites (tertiary alicyclic amines) is 2. The van der Waals surface area contributed by atoms with Crippen LogP contribution >= 0.6 is 0 Å². The van der Waals surface area contributed by atoms with Gasteiger partial charge < -0.3 is 19.4 Å². The number of amides is 1. The number of hydrogen-bond acceptors (Lipinski definition) is 6. The fourth-order valence-electron chi connectivity index (χ4n) is 4.60. The normalized spacial score (nSPS) is 24.9. The number of carbonyl (C=O) groups excluding carboxylic acids is 1. The van der Waals surface area contributed by atoms with E-state index in [1.165, 1.54) is 25.7 Å².